The van der Waals surface area contributed by atoms with Gasteiger partial charge in [0.25, 0.3) is 0 Å². The summed E-state index contributed by atoms with van der Waals surface area (Å²) < 4.78 is 48.6. The number of hydrogen-bond donors (Lipinski definition) is 0. The normalized spacial score (nSPS) is 11.7. The number of rotatable bonds is 11. The van der Waals surface area contributed by atoms with Crippen LogP contribution in [0.2, 0.25) is 0 Å². The molecule has 1 aromatic carbocycles. The number of benzene rings is 1. The first-order chi connectivity index (χ1) is 16.9. The minimum Gasteiger partial charge on any atom is -0.494 e. The maximum Gasteiger partial charge on any atom is 0.433 e. The maximum atomic E-state index is 13.4. The number of nitrogens with zero attached hydrogens (tertiary/aromatic N) is 6. The van der Waals surface area contributed by atoms with E-state index in [0.29, 0.717) is 29.8 Å². The largest absolute Gasteiger partial charge is 0.494 e. The molecule has 0 unspecified atom stereocenters. The predicted molar refractivity (Wildman–Crippen MR) is 130 cm³/mol. The average Bonchev–Trinajstić information content (AvgIpc) is 3.55. The summed E-state index contributed by atoms with van der Waals surface area (Å²) in [6, 6.07) is 10.7. The zero-order chi connectivity index (χ0) is 24.8. The standard InChI is InChI=1S/C23H23F3N6OS2/c1-3-11-31-20(18-15-35-21(27-18)32-19(23(24,25)26)14-16(2)30-32)28-29-22(31)34-13-8-7-12-33-17-9-5-4-6-10-17/h3-6,9-10,14-15H,1,7-8,11-13H2,2H3. The Balaban J connectivity index is 1.42. The van der Waals surface area contributed by atoms with Crippen LogP contribution in [0.1, 0.15) is 24.2 Å². The van der Waals surface area contributed by atoms with Crippen molar-refractivity contribution >= 4 is 23.1 Å². The van der Waals surface area contributed by atoms with E-state index in [1.165, 1.54) is 6.92 Å². The van der Waals surface area contributed by atoms with Crippen molar-refractivity contribution in [2.24, 2.45) is 0 Å². The monoisotopic (exact) mass is 520 g/mol. The molecule has 7 nitrogen and oxygen atoms in total. The molecule has 0 aliphatic rings. The summed E-state index contributed by atoms with van der Waals surface area (Å²) in [6.45, 7) is 6.38. The Hall–Kier alpha value is -3.12. The lowest BCUT2D eigenvalue weighted by molar-refractivity contribution is -0.142. The third-order valence-corrected chi connectivity index (χ3v) is 6.70. The summed E-state index contributed by atoms with van der Waals surface area (Å²) in [5.41, 5.74) is -0.170. The first-order valence-corrected chi connectivity index (χ1v) is 12.7. The van der Waals surface area contributed by atoms with Crippen LogP contribution in [0.25, 0.3) is 16.6 Å². The summed E-state index contributed by atoms with van der Waals surface area (Å²) in [7, 11) is 0. The minimum atomic E-state index is -4.54. The van der Waals surface area contributed by atoms with Gasteiger partial charge in [0.1, 0.15) is 11.4 Å². The average molecular weight is 521 g/mol. The van der Waals surface area contributed by atoms with E-state index in [1.807, 2.05) is 34.9 Å². The molecule has 0 saturated carbocycles. The number of alkyl halides is 3. The first kappa shape index (κ1) is 25.0. The number of unbranched alkanes of at least 4 members (excludes halogenated alkanes) is 1. The quantitative estimate of drug-likeness (QED) is 0.136. The van der Waals surface area contributed by atoms with Gasteiger partial charge in [-0.3, -0.25) is 4.57 Å². The minimum absolute atomic E-state index is 0.112. The van der Waals surface area contributed by atoms with E-state index in [2.05, 4.69) is 26.9 Å². The zero-order valence-corrected chi connectivity index (χ0v) is 20.5. The van der Waals surface area contributed by atoms with Gasteiger partial charge in [-0.15, -0.1) is 28.1 Å². The Morgan fingerprint density at radius 1 is 1.17 bits per heavy atom. The number of thiazole rings is 1. The molecule has 0 radical (unpaired) electrons. The van der Waals surface area contributed by atoms with E-state index >= 15 is 0 Å². The molecule has 3 heterocycles. The Bertz CT molecular complexity index is 1270. The third-order valence-electron chi connectivity index (χ3n) is 4.83. The van der Waals surface area contributed by atoms with E-state index in [9.17, 15) is 13.2 Å². The summed E-state index contributed by atoms with van der Waals surface area (Å²) in [5, 5.41) is 15.0. The second-order valence-electron chi connectivity index (χ2n) is 7.52. The van der Waals surface area contributed by atoms with Crippen LogP contribution in [0.5, 0.6) is 5.75 Å². The Morgan fingerprint density at radius 3 is 2.71 bits per heavy atom. The van der Waals surface area contributed by atoms with Crippen molar-refractivity contribution in [2.45, 2.75) is 37.6 Å². The van der Waals surface area contributed by atoms with Crippen LogP contribution in [0, 0.1) is 6.92 Å². The molecule has 12 heteroatoms. The van der Waals surface area contributed by atoms with Gasteiger partial charge in [-0.1, -0.05) is 36.0 Å². The molecule has 184 valence electrons. The number of allylic oxidation sites excluding steroid dienone is 1. The maximum absolute atomic E-state index is 13.4. The van der Waals surface area contributed by atoms with E-state index < -0.39 is 11.9 Å². The van der Waals surface area contributed by atoms with Gasteiger partial charge in [0, 0.05) is 17.7 Å². The molecule has 35 heavy (non-hydrogen) atoms. The highest BCUT2D eigenvalue weighted by molar-refractivity contribution is 7.99. The SMILES string of the molecule is C=CCn1c(SCCCCOc2ccccc2)nnc1-c1csc(-n2nc(C)cc2C(F)(F)F)n1. The fraction of sp³-hybridized carbons (Fsp3) is 0.304. The summed E-state index contributed by atoms with van der Waals surface area (Å²) in [6.07, 6.45) is -0.999. The number of thioether (sulfide) groups is 1. The van der Waals surface area contributed by atoms with Gasteiger partial charge in [0.2, 0.25) is 5.13 Å². The van der Waals surface area contributed by atoms with E-state index in [1.54, 1.807) is 23.2 Å². The van der Waals surface area contributed by atoms with Crippen molar-refractivity contribution < 1.29 is 17.9 Å². The number of aromatic nitrogens is 6. The van der Waals surface area contributed by atoms with Crippen molar-refractivity contribution in [3.63, 3.8) is 0 Å². The van der Waals surface area contributed by atoms with Gasteiger partial charge in [-0.25, -0.2) is 9.67 Å². The lowest BCUT2D eigenvalue weighted by Crippen LogP contribution is -2.13. The fourth-order valence-electron chi connectivity index (χ4n) is 3.26. The summed E-state index contributed by atoms with van der Waals surface area (Å²) in [5.74, 6) is 2.14. The molecule has 0 atom stereocenters. The van der Waals surface area contributed by atoms with E-state index in [0.717, 1.165) is 46.4 Å². The van der Waals surface area contributed by atoms with Crippen molar-refractivity contribution in [3.05, 3.63) is 65.8 Å². The predicted octanol–water partition coefficient (Wildman–Crippen LogP) is 6.05. The highest BCUT2D eigenvalue weighted by Gasteiger charge is 2.36. The first-order valence-electron chi connectivity index (χ1n) is 10.8. The number of para-hydroxylation sites is 1. The van der Waals surface area contributed by atoms with Gasteiger partial charge >= 0.3 is 6.18 Å². The molecular formula is C23H23F3N6OS2. The number of aryl methyl sites for hydroxylation is 1. The lowest BCUT2D eigenvalue weighted by Gasteiger charge is -2.08. The van der Waals surface area contributed by atoms with Crippen molar-refractivity contribution in [1.29, 1.82) is 0 Å². The lowest BCUT2D eigenvalue weighted by atomic mass is 10.3. The van der Waals surface area contributed by atoms with Gasteiger partial charge in [0.05, 0.1) is 12.3 Å². The zero-order valence-electron chi connectivity index (χ0n) is 18.9. The van der Waals surface area contributed by atoms with E-state index in [-0.39, 0.29) is 10.8 Å². The van der Waals surface area contributed by atoms with Gasteiger partial charge in [-0.05, 0) is 38.0 Å². The topological polar surface area (TPSA) is 70.7 Å². The third kappa shape index (κ3) is 6.12. The molecule has 0 aliphatic heterocycles. The summed E-state index contributed by atoms with van der Waals surface area (Å²) in [4.78, 5) is 4.38. The number of ether oxygens (including phenoxy) is 1. The van der Waals surface area contributed by atoms with Gasteiger partial charge in [0.15, 0.2) is 16.7 Å². The van der Waals surface area contributed by atoms with Crippen molar-refractivity contribution in [1.82, 2.24) is 29.5 Å². The molecule has 0 N–H and O–H groups in total. The second-order valence-corrected chi connectivity index (χ2v) is 9.42. The van der Waals surface area contributed by atoms with Gasteiger partial charge in [-0.2, -0.15) is 18.3 Å². The van der Waals surface area contributed by atoms with Crippen LogP contribution in [-0.2, 0) is 12.7 Å². The van der Waals surface area contributed by atoms with Crippen molar-refractivity contribution in [3.8, 4) is 22.4 Å². The molecule has 0 fully saturated rings. The van der Waals surface area contributed by atoms with Crippen LogP contribution in [-0.4, -0.2) is 41.9 Å². The van der Waals surface area contributed by atoms with Crippen molar-refractivity contribution in [2.75, 3.05) is 12.4 Å². The Kier molecular flexibility index (Phi) is 7.91. The number of hydrogen-bond acceptors (Lipinski definition) is 7. The highest BCUT2D eigenvalue weighted by Crippen LogP contribution is 2.33. The highest BCUT2D eigenvalue weighted by atomic mass is 32.2. The smallest absolute Gasteiger partial charge is 0.433 e. The Labute approximate surface area is 208 Å². The molecule has 0 amide bonds. The van der Waals surface area contributed by atoms with Crippen LogP contribution >= 0.6 is 23.1 Å². The van der Waals surface area contributed by atoms with Crippen LogP contribution < -0.4 is 4.74 Å². The number of halogens is 3. The van der Waals surface area contributed by atoms with Crippen LogP contribution in [0.4, 0.5) is 13.2 Å². The second kappa shape index (κ2) is 11.1. The molecule has 0 bridgehead atoms. The molecule has 0 aliphatic carbocycles. The van der Waals surface area contributed by atoms with Crippen LogP contribution in [0.15, 0.2) is 59.6 Å². The molecular weight excluding hydrogens is 497 g/mol. The molecule has 4 aromatic rings. The van der Waals surface area contributed by atoms with E-state index in [4.69, 9.17) is 4.74 Å². The molecule has 4 rings (SSSR count). The molecule has 0 saturated heterocycles. The van der Waals surface area contributed by atoms with Crippen LogP contribution in [0.3, 0.4) is 0 Å². The molecule has 3 aromatic heterocycles. The molecule has 0 spiro atoms. The fourth-order valence-corrected chi connectivity index (χ4v) is 4.98. The van der Waals surface area contributed by atoms with Gasteiger partial charge < -0.3 is 4.74 Å². The summed E-state index contributed by atoms with van der Waals surface area (Å²) >= 11 is 2.62. The Morgan fingerprint density at radius 2 is 1.97 bits per heavy atom.